The van der Waals surface area contributed by atoms with Crippen molar-refractivity contribution in [2.75, 3.05) is 0 Å². The smallest absolute Gasteiger partial charge is 0.130 e. The predicted molar refractivity (Wildman–Crippen MR) is 124 cm³/mol. The Labute approximate surface area is 189 Å². The molecule has 2 aliphatic heterocycles. The minimum atomic E-state index is -0.439. The first kappa shape index (κ1) is 22.2. The Kier molecular flexibility index (Phi) is 5.13. The maximum absolute atomic E-state index is 10.4. The van der Waals surface area contributed by atoms with Gasteiger partial charge in [0.15, 0.2) is 0 Å². The Morgan fingerprint density at radius 2 is 1.68 bits per heavy atom. The van der Waals surface area contributed by atoms with Crippen molar-refractivity contribution < 1.29 is 14.9 Å². The van der Waals surface area contributed by atoms with Gasteiger partial charge in [0.1, 0.15) is 11.2 Å². The number of fused-ring (bicyclic) bond motifs is 2. The van der Waals surface area contributed by atoms with E-state index in [1.165, 1.54) is 25.7 Å². The highest BCUT2D eigenvalue weighted by atomic mass is 17.2. The van der Waals surface area contributed by atoms with E-state index in [-0.39, 0.29) is 22.5 Å². The molecule has 10 atom stereocenters. The van der Waals surface area contributed by atoms with Gasteiger partial charge in [0.05, 0.1) is 6.10 Å². The SMILES string of the molecule is CC(C)[C@@H](C)/C=C/[C@@H](C)C1CCC2C34C=CC5(C[C@@H](O)CC[C@]5(C)C3CC[C@]12C)OO4. The van der Waals surface area contributed by atoms with Gasteiger partial charge in [-0.3, -0.25) is 0 Å². The number of hydrogen-bond acceptors (Lipinski definition) is 3. The van der Waals surface area contributed by atoms with E-state index in [0.29, 0.717) is 41.9 Å². The van der Waals surface area contributed by atoms with Crippen LogP contribution in [0.3, 0.4) is 0 Å². The maximum Gasteiger partial charge on any atom is 0.130 e. The number of aliphatic hydroxyl groups excluding tert-OH is 1. The lowest BCUT2D eigenvalue weighted by Crippen LogP contribution is -2.73. The van der Waals surface area contributed by atoms with Gasteiger partial charge < -0.3 is 5.11 Å². The fourth-order valence-electron chi connectivity index (χ4n) is 8.71. The molecule has 4 aliphatic carbocycles. The molecule has 1 N–H and O–H groups in total. The summed E-state index contributed by atoms with van der Waals surface area (Å²) in [6.45, 7) is 14.4. The molecule has 3 heteroatoms. The van der Waals surface area contributed by atoms with Crippen LogP contribution in [0, 0.1) is 46.3 Å². The van der Waals surface area contributed by atoms with Crippen molar-refractivity contribution in [3.8, 4) is 0 Å². The molecule has 5 unspecified atom stereocenters. The van der Waals surface area contributed by atoms with Crippen molar-refractivity contribution in [1.29, 1.82) is 0 Å². The van der Waals surface area contributed by atoms with Gasteiger partial charge in [-0.05, 0) is 73.7 Å². The Morgan fingerprint density at radius 3 is 2.35 bits per heavy atom. The maximum atomic E-state index is 10.4. The molecule has 0 amide bonds. The van der Waals surface area contributed by atoms with Gasteiger partial charge in [-0.1, -0.05) is 59.8 Å². The minimum absolute atomic E-state index is 0.0663. The lowest BCUT2D eigenvalue weighted by molar-refractivity contribution is -0.497. The Bertz CT molecular complexity index is 772. The third kappa shape index (κ3) is 2.88. The van der Waals surface area contributed by atoms with Crippen molar-refractivity contribution >= 4 is 0 Å². The third-order valence-electron chi connectivity index (χ3n) is 11.1. The first-order valence-electron chi connectivity index (χ1n) is 13.0. The van der Waals surface area contributed by atoms with Gasteiger partial charge in [0.25, 0.3) is 0 Å². The zero-order valence-electron chi connectivity index (χ0n) is 20.6. The monoisotopic (exact) mass is 428 g/mol. The van der Waals surface area contributed by atoms with Crippen LogP contribution in [0.25, 0.3) is 0 Å². The molecule has 174 valence electrons. The van der Waals surface area contributed by atoms with Crippen LogP contribution in [0.1, 0.15) is 86.5 Å². The molecule has 0 radical (unpaired) electrons. The molecule has 4 fully saturated rings. The van der Waals surface area contributed by atoms with Crippen LogP contribution in [-0.4, -0.2) is 22.4 Å². The first-order chi connectivity index (χ1) is 14.6. The topological polar surface area (TPSA) is 38.7 Å². The second-order valence-corrected chi connectivity index (χ2v) is 12.7. The summed E-state index contributed by atoms with van der Waals surface area (Å²) in [6, 6.07) is 0. The zero-order chi connectivity index (χ0) is 22.2. The molecule has 2 bridgehead atoms. The molecule has 2 heterocycles. The molecule has 0 aromatic carbocycles. The van der Waals surface area contributed by atoms with Gasteiger partial charge in [-0.15, -0.1) is 0 Å². The predicted octanol–water partition coefficient (Wildman–Crippen LogP) is 6.47. The lowest BCUT2D eigenvalue weighted by Gasteiger charge is -2.69. The van der Waals surface area contributed by atoms with Crippen LogP contribution in [0.2, 0.25) is 0 Å². The van der Waals surface area contributed by atoms with Gasteiger partial charge in [0, 0.05) is 23.7 Å². The molecule has 31 heavy (non-hydrogen) atoms. The van der Waals surface area contributed by atoms with E-state index >= 15 is 0 Å². The van der Waals surface area contributed by atoms with Crippen LogP contribution >= 0.6 is 0 Å². The molecular formula is C28H44O3. The van der Waals surface area contributed by atoms with Gasteiger partial charge in [0.2, 0.25) is 0 Å². The van der Waals surface area contributed by atoms with Crippen LogP contribution in [-0.2, 0) is 9.78 Å². The van der Waals surface area contributed by atoms with Crippen LogP contribution in [0.5, 0.6) is 0 Å². The average molecular weight is 429 g/mol. The number of aliphatic hydroxyl groups is 1. The zero-order valence-corrected chi connectivity index (χ0v) is 20.6. The van der Waals surface area contributed by atoms with Crippen molar-refractivity contribution in [2.45, 2.75) is 104 Å². The highest BCUT2D eigenvalue weighted by molar-refractivity contribution is 5.33. The second-order valence-electron chi connectivity index (χ2n) is 12.7. The fraction of sp³-hybridized carbons (Fsp3) is 0.857. The molecular weight excluding hydrogens is 384 g/mol. The van der Waals surface area contributed by atoms with Crippen LogP contribution in [0.15, 0.2) is 24.3 Å². The molecule has 0 aromatic heterocycles. The summed E-state index contributed by atoms with van der Waals surface area (Å²) in [7, 11) is 0. The molecule has 2 spiro atoms. The largest absolute Gasteiger partial charge is 0.393 e. The summed E-state index contributed by atoms with van der Waals surface area (Å²) < 4.78 is 0. The molecule has 3 saturated carbocycles. The van der Waals surface area contributed by atoms with Crippen molar-refractivity contribution in [3.63, 3.8) is 0 Å². The summed E-state index contributed by atoms with van der Waals surface area (Å²) in [5, 5.41) is 10.4. The first-order valence-corrected chi connectivity index (χ1v) is 13.0. The van der Waals surface area contributed by atoms with E-state index in [0.717, 1.165) is 12.8 Å². The third-order valence-corrected chi connectivity index (χ3v) is 11.1. The lowest BCUT2D eigenvalue weighted by atomic mass is 9.43. The van der Waals surface area contributed by atoms with E-state index in [1.807, 2.05) is 0 Å². The van der Waals surface area contributed by atoms with Gasteiger partial charge >= 0.3 is 0 Å². The van der Waals surface area contributed by atoms with Crippen LogP contribution < -0.4 is 0 Å². The summed E-state index contributed by atoms with van der Waals surface area (Å²) in [6.07, 6.45) is 17.0. The standard InChI is InChI=1S/C28H44O3/c1-18(2)19(3)7-8-20(4)22-9-10-23-25(22,5)13-12-24-26(6)14-11-21(29)17-27(26)15-16-28(23,24)31-30-27/h7-8,15-16,18-24,29H,9-14,17H2,1-6H3/b8-7+/t19-,20+,21-,22?,23?,24?,25+,26+,27?,28?/m0/s1. The van der Waals surface area contributed by atoms with E-state index < -0.39 is 5.60 Å². The van der Waals surface area contributed by atoms with Crippen LogP contribution in [0.4, 0.5) is 0 Å². The van der Waals surface area contributed by atoms with Gasteiger partial charge in [-0.25, -0.2) is 9.78 Å². The molecule has 0 aromatic rings. The van der Waals surface area contributed by atoms with Crippen molar-refractivity contribution in [1.82, 2.24) is 0 Å². The number of allylic oxidation sites excluding steroid dienone is 2. The molecule has 3 nitrogen and oxygen atoms in total. The average Bonchev–Trinajstić information content (AvgIpc) is 3.09. The summed E-state index contributed by atoms with van der Waals surface area (Å²) in [4.78, 5) is 12.8. The minimum Gasteiger partial charge on any atom is -0.393 e. The van der Waals surface area contributed by atoms with Crippen molar-refractivity contribution in [3.05, 3.63) is 24.3 Å². The van der Waals surface area contributed by atoms with E-state index in [2.05, 4.69) is 65.8 Å². The number of hydrogen-bond donors (Lipinski definition) is 1. The Hall–Kier alpha value is -0.640. The van der Waals surface area contributed by atoms with Crippen molar-refractivity contribution in [2.24, 2.45) is 46.3 Å². The van der Waals surface area contributed by atoms with E-state index in [4.69, 9.17) is 9.78 Å². The Balaban J connectivity index is 1.45. The Morgan fingerprint density at radius 1 is 0.903 bits per heavy atom. The second kappa shape index (κ2) is 7.18. The summed E-state index contributed by atoms with van der Waals surface area (Å²) in [5.41, 5.74) is -0.366. The van der Waals surface area contributed by atoms with E-state index in [1.54, 1.807) is 0 Å². The highest BCUT2D eigenvalue weighted by Gasteiger charge is 2.74. The summed E-state index contributed by atoms with van der Waals surface area (Å²) in [5.74, 6) is 3.64. The molecule has 1 saturated heterocycles. The van der Waals surface area contributed by atoms with E-state index in [9.17, 15) is 5.11 Å². The van der Waals surface area contributed by atoms with Gasteiger partial charge in [-0.2, -0.15) is 0 Å². The normalized spacial score (nSPS) is 52.8. The quantitative estimate of drug-likeness (QED) is 0.412. The summed E-state index contributed by atoms with van der Waals surface area (Å²) >= 11 is 0. The fourth-order valence-corrected chi connectivity index (χ4v) is 8.71. The number of rotatable bonds is 4. The molecule has 6 aliphatic rings. The molecule has 6 rings (SSSR count). The highest BCUT2D eigenvalue weighted by Crippen LogP contribution is 2.72.